The van der Waals surface area contributed by atoms with Crippen molar-refractivity contribution >= 4 is 13.2 Å². The predicted molar refractivity (Wildman–Crippen MR) is 82.0 cm³/mol. The first-order chi connectivity index (χ1) is 9.25. The van der Waals surface area contributed by atoms with E-state index < -0.39 is 0 Å². The number of hydrogen-bond donors (Lipinski definition) is 1. The molecule has 0 amide bonds. The summed E-state index contributed by atoms with van der Waals surface area (Å²) in [6.07, 6.45) is 1.93. The van der Waals surface area contributed by atoms with Gasteiger partial charge in [0.05, 0.1) is 16.9 Å². The van der Waals surface area contributed by atoms with Crippen molar-refractivity contribution in [3.05, 3.63) is 35.1 Å². The largest absolute Gasteiger partial charge is 0.487 e. The fourth-order valence-electron chi connectivity index (χ4n) is 2.06. The van der Waals surface area contributed by atoms with Crippen LogP contribution in [0.2, 0.25) is 0 Å². The minimum atomic E-state index is -0.337. The van der Waals surface area contributed by atoms with Crippen LogP contribution >= 0.6 is 0 Å². The lowest BCUT2D eigenvalue weighted by Crippen LogP contribution is -2.41. The third-order valence-corrected chi connectivity index (χ3v) is 4.13. The fourth-order valence-corrected chi connectivity index (χ4v) is 2.06. The topological polar surface area (TPSA) is 57.4 Å². The molecule has 5 heteroatoms. The number of pyridine rings is 1. The summed E-state index contributed by atoms with van der Waals surface area (Å²) >= 11 is 0. The SMILES string of the molecule is Cc1nc(/C=C/B2OC(C)(C)C(C)(C)O2)ccc1CN. The van der Waals surface area contributed by atoms with Gasteiger partial charge in [0.25, 0.3) is 0 Å². The Morgan fingerprint density at radius 3 is 2.30 bits per heavy atom. The number of rotatable bonds is 3. The van der Waals surface area contributed by atoms with E-state index in [0.29, 0.717) is 6.54 Å². The molecule has 2 N–H and O–H groups in total. The molecule has 1 aromatic heterocycles. The standard InChI is InChI=1S/C15H23BN2O2/c1-11-12(10-17)6-7-13(18-11)8-9-16-19-14(2,3)15(4,5)20-16/h6-9H,10,17H2,1-5H3/b9-8+. The molecule has 108 valence electrons. The second kappa shape index (κ2) is 5.32. The monoisotopic (exact) mass is 274 g/mol. The van der Waals surface area contributed by atoms with Crippen LogP contribution in [-0.2, 0) is 15.9 Å². The molecule has 1 aromatic rings. The second-order valence-electron chi connectivity index (χ2n) is 6.17. The van der Waals surface area contributed by atoms with Crippen LogP contribution in [0.4, 0.5) is 0 Å². The lowest BCUT2D eigenvalue weighted by Gasteiger charge is -2.32. The fraction of sp³-hybridized carbons (Fsp3) is 0.533. The van der Waals surface area contributed by atoms with Gasteiger partial charge in [0.1, 0.15) is 0 Å². The number of nitrogens with two attached hydrogens (primary N) is 1. The van der Waals surface area contributed by atoms with E-state index in [1.165, 1.54) is 0 Å². The Hall–Kier alpha value is -1.17. The highest BCUT2D eigenvalue weighted by atomic mass is 16.7. The Kier molecular flexibility index (Phi) is 4.05. The molecule has 0 atom stereocenters. The molecule has 0 radical (unpaired) electrons. The van der Waals surface area contributed by atoms with Crippen molar-refractivity contribution < 1.29 is 9.31 Å². The average Bonchev–Trinajstić information content (AvgIpc) is 2.55. The van der Waals surface area contributed by atoms with Crippen LogP contribution in [0, 0.1) is 6.92 Å². The third kappa shape index (κ3) is 2.95. The minimum Gasteiger partial charge on any atom is -0.400 e. The molecule has 0 aliphatic carbocycles. The van der Waals surface area contributed by atoms with E-state index in [-0.39, 0.29) is 18.3 Å². The van der Waals surface area contributed by atoms with Gasteiger partial charge in [-0.25, -0.2) is 0 Å². The summed E-state index contributed by atoms with van der Waals surface area (Å²) in [7, 11) is -0.337. The van der Waals surface area contributed by atoms with Gasteiger partial charge in [0.2, 0.25) is 0 Å². The first-order valence-electron chi connectivity index (χ1n) is 6.95. The van der Waals surface area contributed by atoms with E-state index in [2.05, 4.69) is 4.98 Å². The molecule has 1 aliphatic rings. The average molecular weight is 274 g/mol. The van der Waals surface area contributed by atoms with Crippen LogP contribution < -0.4 is 5.73 Å². The maximum atomic E-state index is 5.90. The highest BCUT2D eigenvalue weighted by molar-refractivity contribution is 6.52. The number of hydrogen-bond acceptors (Lipinski definition) is 4. The van der Waals surface area contributed by atoms with Crippen molar-refractivity contribution in [3.8, 4) is 0 Å². The van der Waals surface area contributed by atoms with Crippen molar-refractivity contribution in [2.75, 3.05) is 0 Å². The Balaban J connectivity index is 2.10. The summed E-state index contributed by atoms with van der Waals surface area (Å²) in [5.41, 5.74) is 7.93. The van der Waals surface area contributed by atoms with Crippen molar-refractivity contribution in [3.63, 3.8) is 0 Å². The number of aryl methyl sites for hydroxylation is 1. The Morgan fingerprint density at radius 2 is 1.80 bits per heavy atom. The molecule has 1 fully saturated rings. The van der Waals surface area contributed by atoms with E-state index in [1.807, 2.05) is 58.8 Å². The van der Waals surface area contributed by atoms with E-state index in [0.717, 1.165) is 17.0 Å². The van der Waals surface area contributed by atoms with Gasteiger partial charge in [-0.15, -0.1) is 0 Å². The third-order valence-electron chi connectivity index (χ3n) is 4.13. The molecular formula is C15H23BN2O2. The van der Waals surface area contributed by atoms with Gasteiger partial charge in [-0.05, 0) is 52.3 Å². The summed E-state index contributed by atoms with van der Waals surface area (Å²) in [5.74, 6) is 1.90. The van der Waals surface area contributed by atoms with Crippen molar-refractivity contribution in [2.24, 2.45) is 5.73 Å². The zero-order valence-corrected chi connectivity index (χ0v) is 12.9. The summed E-state index contributed by atoms with van der Waals surface area (Å²) in [4.78, 5) is 4.50. The Bertz CT molecular complexity index is 511. The minimum absolute atomic E-state index is 0.311. The molecular weight excluding hydrogens is 251 g/mol. The van der Waals surface area contributed by atoms with Gasteiger partial charge < -0.3 is 15.0 Å². The molecule has 2 heterocycles. The number of nitrogens with zero attached hydrogens (tertiary/aromatic N) is 1. The first-order valence-corrected chi connectivity index (χ1v) is 6.95. The zero-order valence-electron chi connectivity index (χ0n) is 12.9. The highest BCUT2D eigenvalue weighted by Crippen LogP contribution is 2.36. The van der Waals surface area contributed by atoms with Gasteiger partial charge in [0, 0.05) is 12.2 Å². The van der Waals surface area contributed by atoms with Crippen molar-refractivity contribution in [2.45, 2.75) is 52.4 Å². The molecule has 20 heavy (non-hydrogen) atoms. The van der Waals surface area contributed by atoms with Crippen LogP contribution in [0.25, 0.3) is 6.08 Å². The quantitative estimate of drug-likeness (QED) is 0.860. The lowest BCUT2D eigenvalue weighted by molar-refractivity contribution is 0.00578. The van der Waals surface area contributed by atoms with Crippen LogP contribution in [-0.4, -0.2) is 23.3 Å². The van der Waals surface area contributed by atoms with Crippen LogP contribution in [0.3, 0.4) is 0 Å². The summed E-state index contributed by atoms with van der Waals surface area (Å²) in [6, 6.07) is 3.96. The van der Waals surface area contributed by atoms with Gasteiger partial charge in [-0.2, -0.15) is 0 Å². The maximum absolute atomic E-state index is 5.90. The zero-order chi connectivity index (χ0) is 15.0. The molecule has 0 aromatic carbocycles. The van der Waals surface area contributed by atoms with Gasteiger partial charge in [-0.1, -0.05) is 12.0 Å². The summed E-state index contributed by atoms with van der Waals surface area (Å²) in [5, 5.41) is 0. The summed E-state index contributed by atoms with van der Waals surface area (Å²) in [6.45, 7) is 10.6. The van der Waals surface area contributed by atoms with Crippen LogP contribution in [0.1, 0.15) is 44.6 Å². The van der Waals surface area contributed by atoms with Crippen molar-refractivity contribution in [1.82, 2.24) is 4.98 Å². The van der Waals surface area contributed by atoms with Gasteiger partial charge >= 0.3 is 7.12 Å². The lowest BCUT2D eigenvalue weighted by atomic mass is 9.89. The van der Waals surface area contributed by atoms with E-state index in [4.69, 9.17) is 15.0 Å². The Morgan fingerprint density at radius 1 is 1.20 bits per heavy atom. The summed E-state index contributed by atoms with van der Waals surface area (Å²) < 4.78 is 11.8. The molecule has 0 saturated carbocycles. The van der Waals surface area contributed by atoms with Gasteiger partial charge in [0.15, 0.2) is 0 Å². The Labute approximate surface area is 121 Å². The molecule has 4 nitrogen and oxygen atoms in total. The normalized spacial score (nSPS) is 20.8. The molecule has 0 bridgehead atoms. The van der Waals surface area contributed by atoms with Crippen LogP contribution in [0.5, 0.6) is 0 Å². The van der Waals surface area contributed by atoms with Crippen molar-refractivity contribution in [1.29, 1.82) is 0 Å². The molecule has 0 spiro atoms. The molecule has 1 saturated heterocycles. The van der Waals surface area contributed by atoms with E-state index in [1.54, 1.807) is 0 Å². The second-order valence-corrected chi connectivity index (χ2v) is 6.17. The molecule has 1 aliphatic heterocycles. The van der Waals surface area contributed by atoms with Crippen LogP contribution in [0.15, 0.2) is 18.1 Å². The van der Waals surface area contributed by atoms with Gasteiger partial charge in [-0.3, -0.25) is 4.98 Å². The predicted octanol–water partition coefficient (Wildman–Crippen LogP) is 2.49. The number of aromatic nitrogens is 1. The molecule has 2 rings (SSSR count). The highest BCUT2D eigenvalue weighted by Gasteiger charge is 2.49. The smallest absolute Gasteiger partial charge is 0.400 e. The maximum Gasteiger partial charge on any atom is 0.487 e. The molecule has 0 unspecified atom stereocenters. The van der Waals surface area contributed by atoms with E-state index in [9.17, 15) is 0 Å². The van der Waals surface area contributed by atoms with E-state index >= 15 is 0 Å². The first kappa shape index (κ1) is 15.2.